The Kier molecular flexibility index (Phi) is 7.11. The quantitative estimate of drug-likeness (QED) is 0.411. The lowest BCUT2D eigenvalue weighted by Gasteiger charge is -2.11. The van der Waals surface area contributed by atoms with Crippen molar-refractivity contribution >= 4 is 23.6 Å². The summed E-state index contributed by atoms with van der Waals surface area (Å²) in [5.74, 6) is -1.10. The van der Waals surface area contributed by atoms with E-state index in [1.807, 2.05) is 48.5 Å². The van der Waals surface area contributed by atoms with Crippen molar-refractivity contribution in [2.45, 2.75) is 13.8 Å². The summed E-state index contributed by atoms with van der Waals surface area (Å²) in [6.07, 6.45) is 5.45. The number of pyridine rings is 1. The first-order chi connectivity index (χ1) is 14.6. The van der Waals surface area contributed by atoms with Gasteiger partial charge in [0.25, 0.3) is 0 Å². The van der Waals surface area contributed by atoms with Crippen LogP contribution in [0.15, 0.2) is 73.1 Å². The summed E-state index contributed by atoms with van der Waals surface area (Å²) in [7, 11) is 0. The average Bonchev–Trinajstić information content (AvgIpc) is 2.79. The SMILES string of the molecule is CCOC(=O)c1ccc(C=C(c2ccccc2)c2ccncc2)cc1C(=O)OCC. The molecule has 5 heteroatoms. The molecule has 0 aliphatic carbocycles. The van der Waals surface area contributed by atoms with E-state index in [1.54, 1.807) is 44.4 Å². The summed E-state index contributed by atoms with van der Waals surface area (Å²) in [4.78, 5) is 28.9. The fraction of sp³-hybridized carbons (Fsp3) is 0.160. The fourth-order valence-corrected chi connectivity index (χ4v) is 3.07. The number of carbonyl (C=O) groups is 2. The minimum atomic E-state index is -0.555. The van der Waals surface area contributed by atoms with Crippen LogP contribution < -0.4 is 0 Å². The van der Waals surface area contributed by atoms with Gasteiger partial charge in [-0.3, -0.25) is 4.98 Å². The lowest BCUT2D eigenvalue weighted by molar-refractivity contribution is 0.0479. The van der Waals surface area contributed by atoms with Gasteiger partial charge in [-0.2, -0.15) is 0 Å². The average molecular weight is 401 g/mol. The summed E-state index contributed by atoms with van der Waals surface area (Å²) in [6, 6.07) is 18.9. The molecule has 0 atom stereocenters. The lowest BCUT2D eigenvalue weighted by Crippen LogP contribution is -2.14. The number of hydrogen-bond acceptors (Lipinski definition) is 5. The molecule has 0 radical (unpaired) electrons. The van der Waals surface area contributed by atoms with Gasteiger partial charge in [0.2, 0.25) is 0 Å². The predicted octanol–water partition coefficient (Wildman–Crippen LogP) is 5.02. The number of esters is 2. The van der Waals surface area contributed by atoms with Gasteiger partial charge in [-0.25, -0.2) is 9.59 Å². The minimum absolute atomic E-state index is 0.186. The number of hydrogen-bond donors (Lipinski definition) is 0. The third-order valence-corrected chi connectivity index (χ3v) is 4.42. The molecule has 0 saturated heterocycles. The third kappa shape index (κ3) is 5.00. The van der Waals surface area contributed by atoms with Gasteiger partial charge < -0.3 is 9.47 Å². The van der Waals surface area contributed by atoms with E-state index in [0.717, 1.165) is 22.3 Å². The van der Waals surface area contributed by atoms with Crippen molar-refractivity contribution in [3.63, 3.8) is 0 Å². The molecule has 0 aliphatic heterocycles. The molecule has 1 heterocycles. The van der Waals surface area contributed by atoms with E-state index in [2.05, 4.69) is 4.98 Å². The standard InChI is InChI=1S/C25H23NO4/c1-3-29-24(27)21-11-10-18(17-23(21)25(28)30-4-2)16-22(19-8-6-5-7-9-19)20-12-14-26-15-13-20/h5-17H,3-4H2,1-2H3. The molecule has 1 aromatic heterocycles. The zero-order valence-electron chi connectivity index (χ0n) is 17.0. The van der Waals surface area contributed by atoms with Gasteiger partial charge in [-0.05, 0) is 66.5 Å². The highest BCUT2D eigenvalue weighted by atomic mass is 16.5. The van der Waals surface area contributed by atoms with E-state index in [0.29, 0.717) is 0 Å². The van der Waals surface area contributed by atoms with Crippen LogP contribution in [0.1, 0.15) is 51.3 Å². The van der Waals surface area contributed by atoms with Crippen molar-refractivity contribution in [1.29, 1.82) is 0 Å². The first-order valence-electron chi connectivity index (χ1n) is 9.79. The van der Waals surface area contributed by atoms with Crippen LogP contribution in [0.4, 0.5) is 0 Å². The molecule has 3 rings (SSSR count). The van der Waals surface area contributed by atoms with E-state index in [4.69, 9.17) is 9.47 Å². The molecule has 2 aromatic carbocycles. The van der Waals surface area contributed by atoms with Crippen molar-refractivity contribution in [2.75, 3.05) is 13.2 Å². The van der Waals surface area contributed by atoms with E-state index < -0.39 is 11.9 Å². The van der Waals surface area contributed by atoms with Crippen molar-refractivity contribution in [2.24, 2.45) is 0 Å². The van der Waals surface area contributed by atoms with E-state index in [9.17, 15) is 9.59 Å². The number of benzene rings is 2. The van der Waals surface area contributed by atoms with Crippen molar-refractivity contribution < 1.29 is 19.1 Å². The summed E-state index contributed by atoms with van der Waals surface area (Å²) in [6.45, 7) is 3.89. The Morgan fingerprint density at radius 1 is 0.800 bits per heavy atom. The van der Waals surface area contributed by atoms with Crippen LogP contribution in [-0.2, 0) is 9.47 Å². The maximum absolute atomic E-state index is 12.5. The third-order valence-electron chi connectivity index (χ3n) is 4.42. The molecular weight excluding hydrogens is 378 g/mol. The summed E-state index contributed by atoms with van der Waals surface area (Å²) < 4.78 is 10.2. The Morgan fingerprint density at radius 2 is 1.40 bits per heavy atom. The summed E-state index contributed by atoms with van der Waals surface area (Å²) >= 11 is 0. The van der Waals surface area contributed by atoms with E-state index >= 15 is 0 Å². The molecule has 152 valence electrons. The van der Waals surface area contributed by atoms with Crippen LogP contribution in [0.3, 0.4) is 0 Å². The molecule has 0 amide bonds. The monoisotopic (exact) mass is 401 g/mol. The molecule has 0 spiro atoms. The van der Waals surface area contributed by atoms with Crippen LogP contribution in [0.5, 0.6) is 0 Å². The van der Waals surface area contributed by atoms with Gasteiger partial charge in [0.15, 0.2) is 0 Å². The normalized spacial score (nSPS) is 11.1. The summed E-state index contributed by atoms with van der Waals surface area (Å²) in [5, 5.41) is 0. The Labute approximate surface area is 176 Å². The summed E-state index contributed by atoms with van der Waals surface area (Å²) in [5.41, 5.74) is 4.13. The van der Waals surface area contributed by atoms with E-state index in [-0.39, 0.29) is 24.3 Å². The molecule has 0 aliphatic rings. The van der Waals surface area contributed by atoms with E-state index in [1.165, 1.54) is 0 Å². The number of carbonyl (C=O) groups excluding carboxylic acids is 2. The van der Waals surface area contributed by atoms with Crippen molar-refractivity contribution in [3.8, 4) is 0 Å². The molecule has 0 saturated carbocycles. The maximum atomic E-state index is 12.5. The smallest absolute Gasteiger partial charge is 0.339 e. The minimum Gasteiger partial charge on any atom is -0.462 e. The highest BCUT2D eigenvalue weighted by molar-refractivity contribution is 6.04. The number of rotatable bonds is 7. The Bertz CT molecular complexity index is 1000. The van der Waals surface area contributed by atoms with Gasteiger partial charge in [0.1, 0.15) is 0 Å². The topological polar surface area (TPSA) is 65.5 Å². The molecule has 5 nitrogen and oxygen atoms in total. The van der Waals surface area contributed by atoms with Crippen LogP contribution >= 0.6 is 0 Å². The highest BCUT2D eigenvalue weighted by Crippen LogP contribution is 2.27. The number of nitrogens with zero attached hydrogens (tertiary/aromatic N) is 1. The zero-order valence-corrected chi connectivity index (χ0v) is 17.0. The first-order valence-corrected chi connectivity index (χ1v) is 9.79. The first kappa shape index (κ1) is 21.0. The second-order valence-electron chi connectivity index (χ2n) is 6.41. The van der Waals surface area contributed by atoms with Gasteiger partial charge in [-0.1, -0.05) is 36.4 Å². The van der Waals surface area contributed by atoms with Crippen LogP contribution in [0.25, 0.3) is 11.6 Å². The molecular formula is C25H23NO4. The van der Waals surface area contributed by atoms with Gasteiger partial charge in [-0.15, -0.1) is 0 Å². The van der Waals surface area contributed by atoms with Crippen LogP contribution in [-0.4, -0.2) is 30.1 Å². The highest BCUT2D eigenvalue weighted by Gasteiger charge is 2.19. The van der Waals surface area contributed by atoms with Crippen LogP contribution in [0, 0.1) is 0 Å². The lowest BCUT2D eigenvalue weighted by atomic mass is 9.95. The molecule has 0 unspecified atom stereocenters. The molecule has 0 N–H and O–H groups in total. The predicted molar refractivity (Wildman–Crippen MR) is 116 cm³/mol. The Balaban J connectivity index is 2.12. The number of ether oxygens (including phenoxy) is 2. The van der Waals surface area contributed by atoms with Gasteiger partial charge in [0.05, 0.1) is 24.3 Å². The zero-order chi connectivity index (χ0) is 21.3. The van der Waals surface area contributed by atoms with Gasteiger partial charge >= 0.3 is 11.9 Å². The Morgan fingerprint density at radius 3 is 2.03 bits per heavy atom. The second kappa shape index (κ2) is 10.2. The Hall–Kier alpha value is -3.73. The largest absolute Gasteiger partial charge is 0.462 e. The van der Waals surface area contributed by atoms with Crippen molar-refractivity contribution in [1.82, 2.24) is 4.98 Å². The molecule has 0 fully saturated rings. The fourth-order valence-electron chi connectivity index (χ4n) is 3.07. The van der Waals surface area contributed by atoms with Crippen LogP contribution in [0.2, 0.25) is 0 Å². The molecule has 3 aromatic rings. The molecule has 0 bridgehead atoms. The second-order valence-corrected chi connectivity index (χ2v) is 6.41. The maximum Gasteiger partial charge on any atom is 0.339 e. The van der Waals surface area contributed by atoms with Gasteiger partial charge in [0, 0.05) is 12.4 Å². The van der Waals surface area contributed by atoms with Crippen molar-refractivity contribution in [3.05, 3.63) is 101 Å². The number of aromatic nitrogens is 1. The molecule has 30 heavy (non-hydrogen) atoms.